The van der Waals surface area contributed by atoms with Crippen LogP contribution in [0.1, 0.15) is 16.1 Å². The number of carbonyl (C=O) groups is 2. The van der Waals surface area contributed by atoms with Crippen LogP contribution in [-0.2, 0) is 9.53 Å². The van der Waals surface area contributed by atoms with E-state index in [2.05, 4.69) is 9.72 Å². The third-order valence-corrected chi connectivity index (χ3v) is 1.55. The molecule has 0 unspecified atom stereocenters. The Morgan fingerprint density at radius 3 is 2.79 bits per heavy atom. The number of ether oxygens (including phenoxy) is 1. The van der Waals surface area contributed by atoms with E-state index in [4.69, 9.17) is 0 Å². The molecule has 4 heteroatoms. The Morgan fingerprint density at radius 2 is 2.29 bits per heavy atom. The summed E-state index contributed by atoms with van der Waals surface area (Å²) in [5, 5.41) is 0. The van der Waals surface area contributed by atoms with Crippen LogP contribution < -0.4 is 0 Å². The molecular formula is C10H9NO3. The molecule has 0 aromatic carbocycles. The zero-order valence-electron chi connectivity index (χ0n) is 7.64. The molecule has 72 valence electrons. The van der Waals surface area contributed by atoms with Crippen molar-refractivity contribution in [1.82, 2.24) is 4.98 Å². The first kappa shape index (κ1) is 10.1. The van der Waals surface area contributed by atoms with Crippen molar-refractivity contribution in [3.63, 3.8) is 0 Å². The lowest BCUT2D eigenvalue weighted by Crippen LogP contribution is -2.01. The maximum atomic E-state index is 11.0. The SMILES string of the molecule is COC(=O)c1ccc(/C=C/C=O)nc1. The zero-order chi connectivity index (χ0) is 10.4. The summed E-state index contributed by atoms with van der Waals surface area (Å²) < 4.78 is 4.50. The minimum atomic E-state index is -0.427. The highest BCUT2D eigenvalue weighted by Gasteiger charge is 2.03. The largest absolute Gasteiger partial charge is 0.465 e. The van der Waals surface area contributed by atoms with Gasteiger partial charge in [-0.1, -0.05) is 0 Å². The van der Waals surface area contributed by atoms with Crippen molar-refractivity contribution in [3.8, 4) is 0 Å². The number of hydrogen-bond donors (Lipinski definition) is 0. The van der Waals surface area contributed by atoms with Gasteiger partial charge in [-0.25, -0.2) is 4.79 Å². The topological polar surface area (TPSA) is 56.3 Å². The van der Waals surface area contributed by atoms with Gasteiger partial charge in [-0.2, -0.15) is 0 Å². The molecule has 0 atom stereocenters. The van der Waals surface area contributed by atoms with E-state index in [1.165, 1.54) is 19.4 Å². The molecule has 0 N–H and O–H groups in total. The third-order valence-electron chi connectivity index (χ3n) is 1.55. The highest BCUT2D eigenvalue weighted by atomic mass is 16.5. The fourth-order valence-corrected chi connectivity index (χ4v) is 0.880. The van der Waals surface area contributed by atoms with E-state index in [-0.39, 0.29) is 0 Å². The van der Waals surface area contributed by atoms with E-state index in [0.29, 0.717) is 17.5 Å². The Balaban J connectivity index is 2.83. The minimum Gasteiger partial charge on any atom is -0.465 e. The van der Waals surface area contributed by atoms with E-state index in [9.17, 15) is 9.59 Å². The van der Waals surface area contributed by atoms with E-state index < -0.39 is 5.97 Å². The number of pyridine rings is 1. The molecule has 1 rings (SSSR count). The molecule has 0 aliphatic heterocycles. The van der Waals surface area contributed by atoms with Crippen molar-refractivity contribution in [1.29, 1.82) is 0 Å². The summed E-state index contributed by atoms with van der Waals surface area (Å²) in [6.07, 6.45) is 4.94. The maximum Gasteiger partial charge on any atom is 0.339 e. The monoisotopic (exact) mass is 191 g/mol. The van der Waals surface area contributed by atoms with Gasteiger partial charge in [0.15, 0.2) is 0 Å². The van der Waals surface area contributed by atoms with Crippen LogP contribution >= 0.6 is 0 Å². The number of esters is 1. The normalized spacial score (nSPS) is 10.1. The smallest absolute Gasteiger partial charge is 0.339 e. The number of aldehydes is 1. The second-order valence-corrected chi connectivity index (χ2v) is 2.46. The molecule has 1 aromatic rings. The second kappa shape index (κ2) is 4.91. The van der Waals surface area contributed by atoms with Crippen LogP contribution in [0.3, 0.4) is 0 Å². The zero-order valence-corrected chi connectivity index (χ0v) is 7.64. The summed E-state index contributed by atoms with van der Waals surface area (Å²) in [6.45, 7) is 0. The predicted octanol–water partition coefficient (Wildman–Crippen LogP) is 1.08. The maximum absolute atomic E-state index is 11.0. The lowest BCUT2D eigenvalue weighted by molar-refractivity contribution is -0.104. The number of nitrogens with zero attached hydrogens (tertiary/aromatic N) is 1. The van der Waals surface area contributed by atoms with Gasteiger partial charge in [-0.15, -0.1) is 0 Å². The molecule has 4 nitrogen and oxygen atoms in total. The van der Waals surface area contributed by atoms with Gasteiger partial charge < -0.3 is 4.74 Å². The Hall–Kier alpha value is -1.97. The predicted molar refractivity (Wildman–Crippen MR) is 50.7 cm³/mol. The fourth-order valence-electron chi connectivity index (χ4n) is 0.880. The van der Waals surface area contributed by atoms with Gasteiger partial charge in [0.2, 0.25) is 0 Å². The number of allylic oxidation sites excluding steroid dienone is 1. The van der Waals surface area contributed by atoms with Crippen LogP contribution in [0.4, 0.5) is 0 Å². The lowest BCUT2D eigenvalue weighted by Gasteiger charge is -1.97. The fraction of sp³-hybridized carbons (Fsp3) is 0.100. The van der Waals surface area contributed by atoms with Crippen LogP contribution in [-0.4, -0.2) is 24.3 Å². The standard InChI is InChI=1S/C10H9NO3/c1-14-10(13)8-4-5-9(11-7-8)3-2-6-12/h2-7H,1H3/b3-2+. The molecule has 14 heavy (non-hydrogen) atoms. The molecule has 0 bridgehead atoms. The Bertz CT molecular complexity index is 354. The lowest BCUT2D eigenvalue weighted by atomic mass is 10.2. The van der Waals surface area contributed by atoms with Crippen LogP contribution in [0.25, 0.3) is 6.08 Å². The van der Waals surface area contributed by atoms with Gasteiger partial charge in [-0.05, 0) is 24.3 Å². The molecule has 0 fully saturated rings. The summed E-state index contributed by atoms with van der Waals surface area (Å²) in [4.78, 5) is 25.0. The quantitative estimate of drug-likeness (QED) is 0.407. The minimum absolute atomic E-state index is 0.385. The van der Waals surface area contributed by atoms with Crippen molar-refractivity contribution >= 4 is 18.3 Å². The van der Waals surface area contributed by atoms with Gasteiger partial charge in [0, 0.05) is 6.20 Å². The first-order valence-electron chi connectivity index (χ1n) is 3.94. The van der Waals surface area contributed by atoms with Gasteiger partial charge >= 0.3 is 5.97 Å². The highest BCUT2D eigenvalue weighted by Crippen LogP contribution is 2.02. The second-order valence-electron chi connectivity index (χ2n) is 2.46. The number of aromatic nitrogens is 1. The highest BCUT2D eigenvalue weighted by molar-refractivity contribution is 5.89. The first-order chi connectivity index (χ1) is 6.77. The van der Waals surface area contributed by atoms with Gasteiger partial charge in [0.05, 0.1) is 18.4 Å². The van der Waals surface area contributed by atoms with Crippen LogP contribution in [0.2, 0.25) is 0 Å². The first-order valence-corrected chi connectivity index (χ1v) is 3.94. The molecule has 0 radical (unpaired) electrons. The van der Waals surface area contributed by atoms with Crippen LogP contribution in [0.15, 0.2) is 24.4 Å². The van der Waals surface area contributed by atoms with E-state index in [1.54, 1.807) is 18.2 Å². The van der Waals surface area contributed by atoms with E-state index >= 15 is 0 Å². The summed E-state index contributed by atoms with van der Waals surface area (Å²) in [5.41, 5.74) is 1.00. The molecule has 0 amide bonds. The van der Waals surface area contributed by atoms with E-state index in [0.717, 1.165) is 0 Å². The average molecular weight is 191 g/mol. The van der Waals surface area contributed by atoms with Gasteiger partial charge in [0.1, 0.15) is 6.29 Å². The van der Waals surface area contributed by atoms with Crippen LogP contribution in [0, 0.1) is 0 Å². The van der Waals surface area contributed by atoms with Gasteiger partial charge in [-0.3, -0.25) is 9.78 Å². The average Bonchev–Trinajstić information content (AvgIpc) is 2.26. The molecule has 1 aromatic heterocycles. The molecular weight excluding hydrogens is 182 g/mol. The summed E-state index contributed by atoms with van der Waals surface area (Å²) in [6, 6.07) is 3.22. The van der Waals surface area contributed by atoms with Crippen molar-refractivity contribution in [3.05, 3.63) is 35.7 Å². The number of hydrogen-bond acceptors (Lipinski definition) is 4. The molecule has 0 spiro atoms. The Morgan fingerprint density at radius 1 is 1.50 bits per heavy atom. The van der Waals surface area contributed by atoms with E-state index in [1.807, 2.05) is 0 Å². The summed E-state index contributed by atoms with van der Waals surface area (Å²) >= 11 is 0. The number of rotatable bonds is 3. The summed E-state index contributed by atoms with van der Waals surface area (Å²) in [7, 11) is 1.31. The van der Waals surface area contributed by atoms with Crippen molar-refractivity contribution in [2.24, 2.45) is 0 Å². The molecule has 1 heterocycles. The van der Waals surface area contributed by atoms with Gasteiger partial charge in [0.25, 0.3) is 0 Å². The third kappa shape index (κ3) is 2.52. The number of methoxy groups -OCH3 is 1. The Labute approximate surface area is 81.2 Å². The molecule has 0 aliphatic rings. The van der Waals surface area contributed by atoms with Crippen molar-refractivity contribution in [2.75, 3.05) is 7.11 Å². The molecule has 0 saturated carbocycles. The van der Waals surface area contributed by atoms with Crippen molar-refractivity contribution in [2.45, 2.75) is 0 Å². The Kier molecular flexibility index (Phi) is 3.55. The molecule has 0 aliphatic carbocycles. The summed E-state index contributed by atoms with van der Waals surface area (Å²) in [5.74, 6) is -0.427. The number of carbonyl (C=O) groups excluding carboxylic acids is 2. The van der Waals surface area contributed by atoms with Crippen molar-refractivity contribution < 1.29 is 14.3 Å². The molecule has 0 saturated heterocycles. The van der Waals surface area contributed by atoms with Crippen LogP contribution in [0.5, 0.6) is 0 Å².